The third-order valence-electron chi connectivity index (χ3n) is 4.10. The molecule has 3 aromatic rings. The van der Waals surface area contributed by atoms with Gasteiger partial charge in [0.2, 0.25) is 5.95 Å². The topological polar surface area (TPSA) is 90.4 Å². The van der Waals surface area contributed by atoms with Crippen molar-refractivity contribution in [2.45, 2.75) is 6.92 Å². The molecule has 0 radical (unpaired) electrons. The van der Waals surface area contributed by atoms with Crippen molar-refractivity contribution in [1.29, 1.82) is 0 Å². The van der Waals surface area contributed by atoms with Gasteiger partial charge < -0.3 is 24.8 Å². The summed E-state index contributed by atoms with van der Waals surface area (Å²) in [6.45, 7) is 2.99. The summed E-state index contributed by atoms with van der Waals surface area (Å²) in [7, 11) is 1.58. The first-order valence-corrected chi connectivity index (χ1v) is 8.98. The molecule has 0 fully saturated rings. The summed E-state index contributed by atoms with van der Waals surface area (Å²) in [5.41, 5.74) is 2.42. The number of hydrogen-bond acceptors (Lipinski definition) is 8. The molecular weight excluding hydrogens is 382 g/mol. The number of aromatic nitrogens is 3. The zero-order valence-electron chi connectivity index (χ0n) is 15.3. The number of fused-ring (bicyclic) bond motifs is 1. The second-order valence-electron chi connectivity index (χ2n) is 6.08. The van der Waals surface area contributed by atoms with Gasteiger partial charge in [-0.1, -0.05) is 11.6 Å². The van der Waals surface area contributed by atoms with E-state index in [1.54, 1.807) is 13.2 Å². The number of methoxy groups -OCH3 is 1. The van der Waals surface area contributed by atoms with Crippen LogP contribution in [0.3, 0.4) is 0 Å². The fourth-order valence-electron chi connectivity index (χ4n) is 2.73. The molecular formula is C19H18ClN5O3. The van der Waals surface area contributed by atoms with Crippen LogP contribution in [0.4, 0.5) is 23.1 Å². The van der Waals surface area contributed by atoms with Crippen molar-refractivity contribution >= 4 is 34.7 Å². The van der Waals surface area contributed by atoms with Crippen molar-refractivity contribution < 1.29 is 14.2 Å². The number of nitrogens with one attached hydrogen (secondary N) is 2. The zero-order chi connectivity index (χ0) is 19.5. The molecule has 1 aromatic heterocycles. The molecule has 1 aliphatic heterocycles. The Morgan fingerprint density at radius 3 is 2.71 bits per heavy atom. The third-order valence-corrected chi connectivity index (χ3v) is 4.51. The van der Waals surface area contributed by atoms with Gasteiger partial charge in [-0.15, -0.1) is 5.10 Å². The van der Waals surface area contributed by atoms with Gasteiger partial charge >= 0.3 is 0 Å². The van der Waals surface area contributed by atoms with Crippen LogP contribution in [0.25, 0.3) is 0 Å². The Balaban J connectivity index is 1.55. The normalized spacial score (nSPS) is 12.4. The summed E-state index contributed by atoms with van der Waals surface area (Å²) in [6.07, 6.45) is 1.53. The van der Waals surface area contributed by atoms with Gasteiger partial charge in [0.1, 0.15) is 19.0 Å². The lowest BCUT2D eigenvalue weighted by Gasteiger charge is -2.19. The van der Waals surface area contributed by atoms with E-state index in [-0.39, 0.29) is 0 Å². The molecule has 8 nitrogen and oxygen atoms in total. The Hall–Kier alpha value is -3.26. The van der Waals surface area contributed by atoms with E-state index >= 15 is 0 Å². The van der Waals surface area contributed by atoms with Gasteiger partial charge in [-0.2, -0.15) is 10.1 Å². The lowest BCUT2D eigenvalue weighted by atomic mass is 10.2. The highest BCUT2D eigenvalue weighted by molar-refractivity contribution is 6.31. The minimum atomic E-state index is 0.339. The monoisotopic (exact) mass is 399 g/mol. The van der Waals surface area contributed by atoms with E-state index in [0.717, 1.165) is 22.7 Å². The molecule has 0 amide bonds. The number of ether oxygens (including phenoxy) is 3. The maximum absolute atomic E-state index is 6.16. The van der Waals surface area contributed by atoms with E-state index in [2.05, 4.69) is 25.8 Å². The summed E-state index contributed by atoms with van der Waals surface area (Å²) in [4.78, 5) is 4.45. The van der Waals surface area contributed by atoms with Gasteiger partial charge in [-0.25, -0.2) is 0 Å². The molecule has 2 heterocycles. The van der Waals surface area contributed by atoms with Crippen LogP contribution in [0.15, 0.2) is 36.5 Å². The lowest BCUT2D eigenvalue weighted by Crippen LogP contribution is -2.15. The van der Waals surface area contributed by atoms with Crippen LogP contribution in [-0.2, 0) is 0 Å². The van der Waals surface area contributed by atoms with Crippen LogP contribution < -0.4 is 24.8 Å². The standard InChI is InChI=1S/C19H18ClN5O3/c1-11-7-14(16(26-2)9-13(11)20)23-18-10-21-25-19(24-18)22-12-3-4-15-17(8-12)28-6-5-27-15/h3-4,7-10H,5-6H2,1-2H3,(H2,22,23,24,25). The first-order valence-electron chi connectivity index (χ1n) is 8.60. The van der Waals surface area contributed by atoms with Crippen molar-refractivity contribution in [2.24, 2.45) is 0 Å². The van der Waals surface area contributed by atoms with E-state index < -0.39 is 0 Å². The van der Waals surface area contributed by atoms with E-state index in [4.69, 9.17) is 25.8 Å². The summed E-state index contributed by atoms with van der Waals surface area (Å²) in [6, 6.07) is 9.18. The molecule has 0 unspecified atom stereocenters. The van der Waals surface area contributed by atoms with Gasteiger partial charge in [-0.05, 0) is 30.7 Å². The van der Waals surface area contributed by atoms with Crippen molar-refractivity contribution in [2.75, 3.05) is 31.0 Å². The minimum absolute atomic E-state index is 0.339. The maximum Gasteiger partial charge on any atom is 0.249 e. The average molecular weight is 400 g/mol. The number of halogens is 1. The molecule has 0 aliphatic carbocycles. The molecule has 0 spiro atoms. The summed E-state index contributed by atoms with van der Waals surface area (Å²) >= 11 is 6.16. The summed E-state index contributed by atoms with van der Waals surface area (Å²) < 4.78 is 16.5. The first-order chi connectivity index (χ1) is 13.6. The Morgan fingerprint density at radius 1 is 1.07 bits per heavy atom. The lowest BCUT2D eigenvalue weighted by molar-refractivity contribution is 0.171. The Kier molecular flexibility index (Phi) is 5.03. The maximum atomic E-state index is 6.16. The van der Waals surface area contributed by atoms with Crippen molar-refractivity contribution in [1.82, 2.24) is 15.2 Å². The largest absolute Gasteiger partial charge is 0.495 e. The molecule has 2 aromatic carbocycles. The Morgan fingerprint density at radius 2 is 1.89 bits per heavy atom. The van der Waals surface area contributed by atoms with Crippen LogP contribution in [-0.4, -0.2) is 35.5 Å². The van der Waals surface area contributed by atoms with E-state index in [1.807, 2.05) is 31.2 Å². The number of hydrogen-bond donors (Lipinski definition) is 2. The van der Waals surface area contributed by atoms with Gasteiger partial charge in [0.05, 0.1) is 19.0 Å². The van der Waals surface area contributed by atoms with Crippen molar-refractivity contribution in [3.05, 3.63) is 47.1 Å². The fraction of sp³-hybridized carbons (Fsp3) is 0.211. The van der Waals surface area contributed by atoms with Gasteiger partial charge in [0.15, 0.2) is 17.3 Å². The first kappa shape index (κ1) is 18.1. The molecule has 9 heteroatoms. The highest BCUT2D eigenvalue weighted by atomic mass is 35.5. The molecule has 144 valence electrons. The predicted octanol–water partition coefficient (Wildman–Crippen LogP) is 4.10. The summed E-state index contributed by atoms with van der Waals surface area (Å²) in [5.74, 6) is 2.85. The number of rotatable bonds is 5. The summed E-state index contributed by atoms with van der Waals surface area (Å²) in [5, 5.41) is 15.0. The second-order valence-corrected chi connectivity index (χ2v) is 6.48. The molecule has 0 saturated carbocycles. The molecule has 0 saturated heterocycles. The second kappa shape index (κ2) is 7.77. The highest BCUT2D eigenvalue weighted by Gasteiger charge is 2.13. The smallest absolute Gasteiger partial charge is 0.249 e. The zero-order valence-corrected chi connectivity index (χ0v) is 16.1. The third kappa shape index (κ3) is 3.86. The van der Waals surface area contributed by atoms with Crippen LogP contribution in [0.2, 0.25) is 5.02 Å². The number of nitrogens with zero attached hydrogens (tertiary/aromatic N) is 3. The molecule has 0 atom stereocenters. The van der Waals surface area contributed by atoms with Gasteiger partial charge in [-0.3, -0.25) is 0 Å². The van der Waals surface area contributed by atoms with E-state index in [9.17, 15) is 0 Å². The number of aryl methyl sites for hydroxylation is 1. The Bertz CT molecular complexity index is 1010. The van der Waals surface area contributed by atoms with Crippen LogP contribution in [0, 0.1) is 6.92 Å². The van der Waals surface area contributed by atoms with Gasteiger partial charge in [0.25, 0.3) is 0 Å². The van der Waals surface area contributed by atoms with Gasteiger partial charge in [0, 0.05) is 22.8 Å². The predicted molar refractivity (Wildman–Crippen MR) is 107 cm³/mol. The molecule has 4 rings (SSSR count). The molecule has 1 aliphatic rings. The number of anilines is 4. The Labute approximate surface area is 166 Å². The number of benzene rings is 2. The van der Waals surface area contributed by atoms with Crippen molar-refractivity contribution in [3.63, 3.8) is 0 Å². The molecule has 2 N–H and O–H groups in total. The average Bonchev–Trinajstić information content (AvgIpc) is 2.71. The fourth-order valence-corrected chi connectivity index (χ4v) is 2.89. The minimum Gasteiger partial charge on any atom is -0.495 e. The highest BCUT2D eigenvalue weighted by Crippen LogP contribution is 2.34. The molecule has 0 bridgehead atoms. The van der Waals surface area contributed by atoms with Crippen molar-refractivity contribution in [3.8, 4) is 17.2 Å². The quantitative estimate of drug-likeness (QED) is 0.662. The van der Waals surface area contributed by atoms with E-state index in [1.165, 1.54) is 6.20 Å². The van der Waals surface area contributed by atoms with Crippen LogP contribution in [0.5, 0.6) is 17.2 Å². The van der Waals surface area contributed by atoms with E-state index in [0.29, 0.717) is 41.5 Å². The van der Waals surface area contributed by atoms with Crippen LogP contribution in [0.1, 0.15) is 5.56 Å². The SMILES string of the molecule is COc1cc(Cl)c(C)cc1Nc1cnnc(Nc2ccc3c(c2)OCCO3)n1. The van der Waals surface area contributed by atoms with Crippen LogP contribution >= 0.6 is 11.6 Å². The molecule has 28 heavy (non-hydrogen) atoms.